The third-order valence-corrected chi connectivity index (χ3v) is 3.94. The molecule has 0 radical (unpaired) electrons. The Morgan fingerprint density at radius 2 is 1.90 bits per heavy atom. The van der Waals surface area contributed by atoms with Crippen molar-refractivity contribution < 1.29 is 19.5 Å². The molecule has 1 aliphatic rings. The standard InChI is InChI=1S/C13H23N3O4/c1-3-4-13(11(18)19)5-7-16(8-6-13)10(17)9(2)15-12(14)20/h9H,3-8H2,1-2H3,(H,18,19)(H3,14,15,20). The first-order valence-electron chi connectivity index (χ1n) is 6.90. The molecule has 0 aromatic carbocycles. The summed E-state index contributed by atoms with van der Waals surface area (Å²) >= 11 is 0. The normalized spacial score (nSPS) is 19.2. The van der Waals surface area contributed by atoms with Crippen LogP contribution in [0.2, 0.25) is 0 Å². The van der Waals surface area contributed by atoms with Crippen molar-refractivity contribution in [2.45, 2.75) is 45.6 Å². The molecule has 0 saturated carbocycles. The minimum absolute atomic E-state index is 0.223. The number of primary amides is 1. The van der Waals surface area contributed by atoms with E-state index in [1.54, 1.807) is 11.8 Å². The number of hydrogen-bond donors (Lipinski definition) is 3. The van der Waals surface area contributed by atoms with E-state index in [0.717, 1.165) is 6.42 Å². The number of carbonyl (C=O) groups excluding carboxylic acids is 2. The maximum Gasteiger partial charge on any atom is 0.312 e. The lowest BCUT2D eigenvalue weighted by molar-refractivity contribution is -0.155. The summed E-state index contributed by atoms with van der Waals surface area (Å²) in [5, 5.41) is 11.7. The summed E-state index contributed by atoms with van der Waals surface area (Å²) in [4.78, 5) is 35.9. The minimum Gasteiger partial charge on any atom is -0.481 e. The van der Waals surface area contributed by atoms with E-state index in [2.05, 4.69) is 5.32 Å². The molecule has 1 rings (SSSR count). The zero-order valence-corrected chi connectivity index (χ0v) is 12.0. The second-order valence-corrected chi connectivity index (χ2v) is 5.39. The monoisotopic (exact) mass is 285 g/mol. The number of likely N-dealkylation sites (tertiary alicyclic amines) is 1. The topological polar surface area (TPSA) is 113 Å². The van der Waals surface area contributed by atoms with Crippen molar-refractivity contribution in [1.82, 2.24) is 10.2 Å². The predicted octanol–water partition coefficient (Wildman–Crippen LogP) is 0.537. The Labute approximate surface area is 118 Å². The zero-order chi connectivity index (χ0) is 15.3. The molecule has 0 aromatic heterocycles. The highest BCUT2D eigenvalue weighted by molar-refractivity contribution is 5.86. The molecular weight excluding hydrogens is 262 g/mol. The van der Waals surface area contributed by atoms with Gasteiger partial charge >= 0.3 is 12.0 Å². The molecule has 3 amide bonds. The van der Waals surface area contributed by atoms with Gasteiger partial charge in [0.25, 0.3) is 0 Å². The van der Waals surface area contributed by atoms with Gasteiger partial charge in [0.05, 0.1) is 5.41 Å². The van der Waals surface area contributed by atoms with Gasteiger partial charge in [0, 0.05) is 13.1 Å². The van der Waals surface area contributed by atoms with Crippen LogP contribution in [0.4, 0.5) is 4.79 Å². The molecule has 1 saturated heterocycles. The summed E-state index contributed by atoms with van der Waals surface area (Å²) in [5.74, 6) is -1.01. The molecule has 20 heavy (non-hydrogen) atoms. The van der Waals surface area contributed by atoms with E-state index < -0.39 is 23.5 Å². The van der Waals surface area contributed by atoms with Gasteiger partial charge in [0.15, 0.2) is 0 Å². The molecule has 0 spiro atoms. The first-order chi connectivity index (χ1) is 9.32. The van der Waals surface area contributed by atoms with Gasteiger partial charge in [-0.3, -0.25) is 9.59 Å². The first-order valence-corrected chi connectivity index (χ1v) is 6.90. The van der Waals surface area contributed by atoms with Crippen molar-refractivity contribution >= 4 is 17.9 Å². The van der Waals surface area contributed by atoms with E-state index in [4.69, 9.17) is 5.73 Å². The molecule has 7 heteroatoms. The number of hydrogen-bond acceptors (Lipinski definition) is 3. The van der Waals surface area contributed by atoms with Crippen LogP contribution in [-0.2, 0) is 9.59 Å². The third kappa shape index (κ3) is 3.61. The summed E-state index contributed by atoms with van der Waals surface area (Å²) in [5.41, 5.74) is 4.27. The number of aliphatic carboxylic acids is 1. The van der Waals surface area contributed by atoms with Crippen LogP contribution in [0.3, 0.4) is 0 Å². The van der Waals surface area contributed by atoms with E-state index in [-0.39, 0.29) is 5.91 Å². The van der Waals surface area contributed by atoms with E-state index >= 15 is 0 Å². The molecule has 114 valence electrons. The van der Waals surface area contributed by atoms with Crippen molar-refractivity contribution in [2.24, 2.45) is 11.1 Å². The SMILES string of the molecule is CCCC1(C(=O)O)CCN(C(=O)C(C)NC(N)=O)CC1. The van der Waals surface area contributed by atoms with Crippen LogP contribution in [0.25, 0.3) is 0 Å². The second kappa shape index (κ2) is 6.58. The highest BCUT2D eigenvalue weighted by atomic mass is 16.4. The Bertz CT molecular complexity index is 389. The van der Waals surface area contributed by atoms with Crippen LogP contribution in [0.1, 0.15) is 39.5 Å². The highest BCUT2D eigenvalue weighted by Crippen LogP contribution is 2.36. The lowest BCUT2D eigenvalue weighted by atomic mass is 9.75. The Kier molecular flexibility index (Phi) is 5.35. The molecule has 1 aliphatic heterocycles. The fourth-order valence-electron chi connectivity index (χ4n) is 2.75. The quantitative estimate of drug-likeness (QED) is 0.684. The van der Waals surface area contributed by atoms with E-state index in [0.29, 0.717) is 32.4 Å². The Morgan fingerprint density at radius 3 is 2.30 bits per heavy atom. The molecule has 1 fully saturated rings. The number of nitrogens with zero attached hydrogens (tertiary/aromatic N) is 1. The highest BCUT2D eigenvalue weighted by Gasteiger charge is 2.41. The van der Waals surface area contributed by atoms with Gasteiger partial charge in [-0.2, -0.15) is 0 Å². The predicted molar refractivity (Wildman–Crippen MR) is 73.0 cm³/mol. The number of piperidine rings is 1. The van der Waals surface area contributed by atoms with Crippen molar-refractivity contribution in [3.05, 3.63) is 0 Å². The van der Waals surface area contributed by atoms with Crippen LogP contribution in [0, 0.1) is 5.41 Å². The van der Waals surface area contributed by atoms with E-state index in [1.807, 2.05) is 6.92 Å². The smallest absolute Gasteiger partial charge is 0.312 e. The summed E-state index contributed by atoms with van der Waals surface area (Å²) < 4.78 is 0. The lowest BCUT2D eigenvalue weighted by Crippen LogP contribution is -2.53. The van der Waals surface area contributed by atoms with Crippen molar-refractivity contribution in [1.29, 1.82) is 0 Å². The maximum absolute atomic E-state index is 12.1. The van der Waals surface area contributed by atoms with Crippen molar-refractivity contribution in [2.75, 3.05) is 13.1 Å². The van der Waals surface area contributed by atoms with Gasteiger partial charge in [0.2, 0.25) is 5.91 Å². The van der Waals surface area contributed by atoms with Gasteiger partial charge < -0.3 is 21.1 Å². The van der Waals surface area contributed by atoms with Gasteiger partial charge in [-0.1, -0.05) is 13.3 Å². The zero-order valence-electron chi connectivity index (χ0n) is 12.0. The average Bonchev–Trinajstić information content (AvgIpc) is 2.38. The van der Waals surface area contributed by atoms with Gasteiger partial charge in [-0.05, 0) is 26.2 Å². The molecule has 1 atom stereocenters. The fourth-order valence-corrected chi connectivity index (χ4v) is 2.75. The average molecular weight is 285 g/mol. The first kappa shape index (κ1) is 16.3. The number of carbonyl (C=O) groups is 3. The molecule has 7 nitrogen and oxygen atoms in total. The Balaban J connectivity index is 2.62. The van der Waals surface area contributed by atoms with Gasteiger partial charge in [-0.15, -0.1) is 0 Å². The van der Waals surface area contributed by atoms with Gasteiger partial charge in [0.1, 0.15) is 6.04 Å². The third-order valence-electron chi connectivity index (χ3n) is 3.94. The molecule has 4 N–H and O–H groups in total. The number of carboxylic acids is 1. The fraction of sp³-hybridized carbons (Fsp3) is 0.769. The summed E-state index contributed by atoms with van der Waals surface area (Å²) in [6, 6.07) is -1.43. The van der Waals surface area contributed by atoms with Crippen LogP contribution in [0.15, 0.2) is 0 Å². The largest absolute Gasteiger partial charge is 0.481 e. The number of nitrogens with one attached hydrogen (secondary N) is 1. The van der Waals surface area contributed by atoms with Crippen LogP contribution in [-0.4, -0.2) is 47.0 Å². The van der Waals surface area contributed by atoms with E-state index in [9.17, 15) is 19.5 Å². The summed E-state index contributed by atoms with van der Waals surface area (Å²) in [6.45, 7) is 4.32. The maximum atomic E-state index is 12.1. The Hall–Kier alpha value is -1.79. The molecule has 0 aromatic rings. The van der Waals surface area contributed by atoms with Crippen molar-refractivity contribution in [3.8, 4) is 0 Å². The number of rotatable bonds is 5. The number of carboxylic acid groups (broad SMARTS) is 1. The van der Waals surface area contributed by atoms with Crippen molar-refractivity contribution in [3.63, 3.8) is 0 Å². The van der Waals surface area contributed by atoms with Gasteiger partial charge in [-0.25, -0.2) is 4.79 Å². The number of nitrogens with two attached hydrogens (primary N) is 1. The van der Waals surface area contributed by atoms with E-state index in [1.165, 1.54) is 0 Å². The minimum atomic E-state index is -0.783. The molecule has 1 unspecified atom stereocenters. The van der Waals surface area contributed by atoms with Crippen LogP contribution in [0.5, 0.6) is 0 Å². The van der Waals surface area contributed by atoms with Crippen LogP contribution < -0.4 is 11.1 Å². The summed E-state index contributed by atoms with van der Waals surface area (Å²) in [7, 11) is 0. The number of urea groups is 1. The molecule has 0 bridgehead atoms. The summed E-state index contributed by atoms with van der Waals surface area (Å²) in [6.07, 6.45) is 2.33. The molecule has 0 aliphatic carbocycles. The lowest BCUT2D eigenvalue weighted by Gasteiger charge is -2.39. The molecule has 1 heterocycles. The van der Waals surface area contributed by atoms with Crippen LogP contribution >= 0.6 is 0 Å². The number of amides is 3. The second-order valence-electron chi connectivity index (χ2n) is 5.39. The molecular formula is C13H23N3O4. The Morgan fingerprint density at radius 1 is 1.35 bits per heavy atom.